The zero-order valence-corrected chi connectivity index (χ0v) is 19.0. The van der Waals surface area contributed by atoms with Crippen LogP contribution in [0.15, 0.2) is 49.3 Å². The van der Waals surface area contributed by atoms with Gasteiger partial charge in [-0.2, -0.15) is 18.3 Å². The van der Waals surface area contributed by atoms with Gasteiger partial charge in [-0.15, -0.1) is 0 Å². The van der Waals surface area contributed by atoms with E-state index in [9.17, 15) is 18.0 Å². The maximum atomic E-state index is 12.4. The van der Waals surface area contributed by atoms with E-state index in [0.29, 0.717) is 25.0 Å². The minimum atomic E-state index is -4.48. The maximum Gasteiger partial charge on any atom is 0.434 e. The maximum absolute atomic E-state index is 12.4. The molecule has 2 heterocycles. The quantitative estimate of drug-likeness (QED) is 0.438. The lowest BCUT2D eigenvalue weighted by Gasteiger charge is -2.14. The number of Topliss-reactive ketones (excluding diaryl/α,β-unsaturated/α-hetero) is 1. The highest BCUT2D eigenvalue weighted by Gasteiger charge is 2.33. The number of nitrogens with zero attached hydrogens (tertiary/aromatic N) is 3. The first-order valence-corrected chi connectivity index (χ1v) is 10.5. The van der Waals surface area contributed by atoms with Gasteiger partial charge in [0.05, 0.1) is 17.6 Å². The number of rotatable bonds is 9. The third kappa shape index (κ3) is 8.99. The molecule has 2 rings (SSSR count). The Kier molecular flexibility index (Phi) is 11.3. The first-order valence-electron chi connectivity index (χ1n) is 10.5. The van der Waals surface area contributed by atoms with Gasteiger partial charge in [-0.05, 0) is 26.3 Å². The molecular weight excluding hydrogens is 417 g/mol. The highest BCUT2D eigenvalue weighted by Crippen LogP contribution is 2.29. The molecule has 174 valence electrons. The molecule has 1 N–H and O–H groups in total. The summed E-state index contributed by atoms with van der Waals surface area (Å²) < 4.78 is 37.1. The summed E-state index contributed by atoms with van der Waals surface area (Å²) in [5, 5.41) is 7.07. The van der Waals surface area contributed by atoms with Crippen LogP contribution in [0.4, 0.5) is 13.2 Å². The number of aromatic nitrogens is 4. The number of hydrogen-bond acceptors (Lipinski definition) is 4. The standard InChI is InChI=1S/C13H17F3N2O.C11H14N2/c1-3-5-9(6-10(19)4-2)11-7-18-12(8-17-11)13(14,15)16;1-4-6-10(7-5-2)11-8-9(3)12-13-11/h7-9H,3-6H2,1-2H3;4-8H,1H2,2-3H3,(H,12,13)/b;7-5-,10-6+. The van der Waals surface area contributed by atoms with Gasteiger partial charge in [0.1, 0.15) is 5.78 Å². The van der Waals surface area contributed by atoms with Gasteiger partial charge in [-0.1, -0.05) is 51.2 Å². The topological polar surface area (TPSA) is 71.5 Å². The molecule has 2 aromatic rings. The van der Waals surface area contributed by atoms with Crippen molar-refractivity contribution in [1.29, 1.82) is 0 Å². The predicted molar refractivity (Wildman–Crippen MR) is 121 cm³/mol. The van der Waals surface area contributed by atoms with Crippen molar-refractivity contribution in [3.8, 4) is 0 Å². The second kappa shape index (κ2) is 13.4. The van der Waals surface area contributed by atoms with Crippen LogP contribution in [-0.2, 0) is 11.0 Å². The molecule has 0 spiro atoms. The van der Waals surface area contributed by atoms with Gasteiger partial charge in [0.2, 0.25) is 0 Å². The van der Waals surface area contributed by atoms with E-state index in [1.165, 1.54) is 0 Å². The van der Waals surface area contributed by atoms with Crippen LogP contribution >= 0.6 is 0 Å². The number of carbonyl (C=O) groups is 1. The molecule has 0 radical (unpaired) electrons. The largest absolute Gasteiger partial charge is 0.434 e. The minimum Gasteiger partial charge on any atom is -0.300 e. The number of ketones is 1. The Bertz CT molecular complexity index is 912. The van der Waals surface area contributed by atoms with Crippen LogP contribution in [0, 0.1) is 6.92 Å². The zero-order chi connectivity index (χ0) is 24.1. The highest BCUT2D eigenvalue weighted by molar-refractivity contribution is 5.78. The van der Waals surface area contributed by atoms with E-state index >= 15 is 0 Å². The first kappa shape index (κ1) is 27.0. The molecule has 0 saturated heterocycles. The third-order valence-electron chi connectivity index (χ3n) is 4.53. The fourth-order valence-corrected chi connectivity index (χ4v) is 2.92. The molecule has 0 aliphatic carbocycles. The molecule has 0 bridgehead atoms. The number of hydrogen-bond donors (Lipinski definition) is 1. The van der Waals surface area contributed by atoms with Crippen molar-refractivity contribution in [1.82, 2.24) is 20.2 Å². The van der Waals surface area contributed by atoms with Crippen molar-refractivity contribution < 1.29 is 18.0 Å². The summed E-state index contributed by atoms with van der Waals surface area (Å²) in [5.41, 5.74) is 2.54. The lowest BCUT2D eigenvalue weighted by atomic mass is 9.93. The highest BCUT2D eigenvalue weighted by atomic mass is 19.4. The summed E-state index contributed by atoms with van der Waals surface area (Å²) in [6, 6.07) is 2.01. The second-order valence-corrected chi connectivity index (χ2v) is 7.20. The number of aromatic amines is 1. The van der Waals surface area contributed by atoms with Gasteiger partial charge in [0, 0.05) is 36.2 Å². The average Bonchev–Trinajstić information content (AvgIpc) is 3.19. The molecule has 0 fully saturated rings. The Labute approximate surface area is 187 Å². The van der Waals surface area contributed by atoms with Crippen molar-refractivity contribution in [3.05, 3.63) is 72.1 Å². The number of alkyl halides is 3. The second-order valence-electron chi connectivity index (χ2n) is 7.20. The molecule has 0 aliphatic rings. The lowest BCUT2D eigenvalue weighted by molar-refractivity contribution is -0.141. The molecule has 8 heteroatoms. The van der Waals surface area contributed by atoms with Gasteiger partial charge < -0.3 is 0 Å². The van der Waals surface area contributed by atoms with Crippen LogP contribution in [0.3, 0.4) is 0 Å². The molecule has 1 atom stereocenters. The molecule has 0 amide bonds. The van der Waals surface area contributed by atoms with Crippen molar-refractivity contribution in [3.63, 3.8) is 0 Å². The van der Waals surface area contributed by atoms with E-state index in [4.69, 9.17) is 0 Å². The Balaban J connectivity index is 0.000000343. The Hall–Kier alpha value is -3.03. The molecule has 0 saturated carbocycles. The number of carbonyl (C=O) groups excluding carboxylic acids is 1. The summed E-state index contributed by atoms with van der Waals surface area (Å²) in [6.45, 7) is 11.4. The molecule has 0 aromatic carbocycles. The first-order chi connectivity index (χ1) is 15.2. The lowest BCUT2D eigenvalue weighted by Crippen LogP contribution is -2.12. The minimum absolute atomic E-state index is 0.0835. The number of aryl methyl sites for hydroxylation is 1. The smallest absolute Gasteiger partial charge is 0.300 e. The number of allylic oxidation sites excluding steroid dienone is 5. The summed E-state index contributed by atoms with van der Waals surface area (Å²) in [7, 11) is 0. The van der Waals surface area contributed by atoms with Crippen molar-refractivity contribution in [2.75, 3.05) is 0 Å². The van der Waals surface area contributed by atoms with Crippen LogP contribution in [-0.4, -0.2) is 25.9 Å². The van der Waals surface area contributed by atoms with Crippen molar-refractivity contribution in [2.45, 2.75) is 65.5 Å². The molecule has 1 unspecified atom stereocenters. The normalized spacial score (nSPS) is 12.9. The molecule has 5 nitrogen and oxygen atoms in total. The van der Waals surface area contributed by atoms with Crippen LogP contribution in [0.5, 0.6) is 0 Å². The molecule has 32 heavy (non-hydrogen) atoms. The van der Waals surface area contributed by atoms with E-state index in [2.05, 4.69) is 26.7 Å². The van der Waals surface area contributed by atoms with Gasteiger partial charge in [-0.25, -0.2) is 4.98 Å². The summed E-state index contributed by atoms with van der Waals surface area (Å²) in [4.78, 5) is 18.7. The zero-order valence-electron chi connectivity index (χ0n) is 19.0. The van der Waals surface area contributed by atoms with Crippen LogP contribution < -0.4 is 0 Å². The van der Waals surface area contributed by atoms with E-state index in [-0.39, 0.29) is 11.7 Å². The molecule has 0 aliphatic heterocycles. The summed E-state index contributed by atoms with van der Waals surface area (Å²) in [6.07, 6.45) is 7.37. The van der Waals surface area contributed by atoms with Gasteiger partial charge in [0.25, 0.3) is 0 Å². The van der Waals surface area contributed by atoms with Crippen molar-refractivity contribution >= 4 is 11.4 Å². The fraction of sp³-hybridized carbons (Fsp3) is 0.417. The van der Waals surface area contributed by atoms with Crippen molar-refractivity contribution in [2.24, 2.45) is 0 Å². The summed E-state index contributed by atoms with van der Waals surface area (Å²) >= 11 is 0. The third-order valence-corrected chi connectivity index (χ3v) is 4.53. The monoisotopic (exact) mass is 448 g/mol. The average molecular weight is 449 g/mol. The fourth-order valence-electron chi connectivity index (χ4n) is 2.92. The number of nitrogens with one attached hydrogen (secondary N) is 1. The number of halogens is 3. The van der Waals surface area contributed by atoms with Crippen LogP contribution in [0.2, 0.25) is 0 Å². The number of H-pyrrole nitrogens is 1. The Morgan fingerprint density at radius 2 is 1.97 bits per heavy atom. The van der Waals surface area contributed by atoms with Crippen LogP contribution in [0.25, 0.3) is 5.57 Å². The van der Waals surface area contributed by atoms with Gasteiger partial charge in [-0.3, -0.25) is 14.9 Å². The predicted octanol–water partition coefficient (Wildman–Crippen LogP) is 6.61. The summed E-state index contributed by atoms with van der Waals surface area (Å²) in [5.74, 6) is -0.0626. The van der Waals surface area contributed by atoms with E-state index in [1.54, 1.807) is 13.0 Å². The van der Waals surface area contributed by atoms with Gasteiger partial charge in [0.15, 0.2) is 5.69 Å². The molecule has 2 aromatic heterocycles. The van der Waals surface area contributed by atoms with E-state index in [1.807, 2.05) is 45.1 Å². The van der Waals surface area contributed by atoms with E-state index in [0.717, 1.165) is 35.8 Å². The van der Waals surface area contributed by atoms with Crippen LogP contribution in [0.1, 0.15) is 75.1 Å². The Morgan fingerprint density at radius 1 is 1.25 bits per heavy atom. The van der Waals surface area contributed by atoms with Gasteiger partial charge >= 0.3 is 6.18 Å². The van der Waals surface area contributed by atoms with E-state index < -0.39 is 11.9 Å². The Morgan fingerprint density at radius 3 is 2.41 bits per heavy atom. The SMILES string of the molecule is C=C/C=C(\C=C/C)c1cc(C)[nH]n1.CCCC(CC(=O)CC)c1cnc(C(F)(F)F)cn1. The molecular formula is C24H31F3N4O.